The summed E-state index contributed by atoms with van der Waals surface area (Å²) in [6, 6.07) is 13.5. The molecule has 0 N–H and O–H groups in total. The predicted molar refractivity (Wildman–Crippen MR) is 92.0 cm³/mol. The second kappa shape index (κ2) is 7.98. The summed E-state index contributed by atoms with van der Waals surface area (Å²) in [5, 5.41) is 0. The number of nitrogens with zero attached hydrogens (tertiary/aromatic N) is 2. The molecule has 0 spiro atoms. The Morgan fingerprint density at radius 1 is 1.17 bits per heavy atom. The third-order valence-corrected chi connectivity index (χ3v) is 3.70. The summed E-state index contributed by atoms with van der Waals surface area (Å²) in [5.74, 6) is 6.24. The summed E-state index contributed by atoms with van der Waals surface area (Å²) in [7, 11) is 0. The first kappa shape index (κ1) is 15.8. The summed E-state index contributed by atoms with van der Waals surface area (Å²) < 4.78 is 5.35. The smallest absolute Gasteiger partial charge is 0.410 e. The summed E-state index contributed by atoms with van der Waals surface area (Å²) in [5.41, 5.74) is 2.93. The van der Waals surface area contributed by atoms with Gasteiger partial charge in [-0.3, -0.25) is 4.98 Å². The third kappa shape index (κ3) is 4.47. The lowest BCUT2D eigenvalue weighted by Crippen LogP contribution is -2.35. The van der Waals surface area contributed by atoms with Crippen molar-refractivity contribution in [3.8, 4) is 11.8 Å². The van der Waals surface area contributed by atoms with Crippen molar-refractivity contribution in [2.75, 3.05) is 13.1 Å². The molecule has 2 heterocycles. The van der Waals surface area contributed by atoms with Crippen LogP contribution in [0.25, 0.3) is 0 Å². The monoisotopic (exact) mass is 318 g/mol. The van der Waals surface area contributed by atoms with Gasteiger partial charge < -0.3 is 9.64 Å². The number of hydrogen-bond acceptors (Lipinski definition) is 3. The summed E-state index contributed by atoms with van der Waals surface area (Å²) in [4.78, 5) is 17.8. The first-order chi connectivity index (χ1) is 11.8. The van der Waals surface area contributed by atoms with Crippen LogP contribution in [-0.2, 0) is 11.3 Å². The second-order valence-electron chi connectivity index (χ2n) is 5.46. The van der Waals surface area contributed by atoms with Gasteiger partial charge in [0.1, 0.15) is 6.61 Å². The molecule has 0 atom stereocenters. The third-order valence-electron chi connectivity index (χ3n) is 3.70. The normalized spacial score (nSPS) is 13.5. The van der Waals surface area contributed by atoms with E-state index in [2.05, 4.69) is 16.8 Å². The Labute approximate surface area is 141 Å². The molecular weight excluding hydrogens is 300 g/mol. The minimum absolute atomic E-state index is 0.283. The zero-order chi connectivity index (χ0) is 16.6. The topological polar surface area (TPSA) is 42.4 Å². The molecule has 1 aliphatic rings. The molecule has 0 saturated carbocycles. The number of carbonyl (C=O) groups is 1. The molecule has 0 bridgehead atoms. The number of benzene rings is 1. The van der Waals surface area contributed by atoms with Gasteiger partial charge in [-0.1, -0.05) is 48.2 Å². The molecule has 3 rings (SSSR count). The number of aromatic nitrogens is 1. The Morgan fingerprint density at radius 3 is 2.75 bits per heavy atom. The van der Waals surface area contributed by atoms with Crippen LogP contribution >= 0.6 is 0 Å². The minimum Gasteiger partial charge on any atom is -0.445 e. The van der Waals surface area contributed by atoms with Crippen LogP contribution in [0.2, 0.25) is 0 Å². The molecule has 1 aromatic heterocycles. The van der Waals surface area contributed by atoms with E-state index in [4.69, 9.17) is 4.74 Å². The van der Waals surface area contributed by atoms with Crippen LogP contribution in [0, 0.1) is 11.8 Å². The van der Waals surface area contributed by atoms with E-state index < -0.39 is 0 Å². The number of pyridine rings is 1. The van der Waals surface area contributed by atoms with Crippen LogP contribution in [-0.4, -0.2) is 29.1 Å². The van der Waals surface area contributed by atoms with Crippen LogP contribution in [0.4, 0.5) is 4.79 Å². The van der Waals surface area contributed by atoms with Crippen LogP contribution in [0.15, 0.2) is 66.5 Å². The molecule has 1 aliphatic heterocycles. The number of carbonyl (C=O) groups excluding carboxylic acids is 1. The molecule has 120 valence electrons. The molecule has 24 heavy (non-hydrogen) atoms. The Morgan fingerprint density at radius 2 is 2.04 bits per heavy atom. The summed E-state index contributed by atoms with van der Waals surface area (Å²) >= 11 is 0. The van der Waals surface area contributed by atoms with Gasteiger partial charge >= 0.3 is 6.09 Å². The van der Waals surface area contributed by atoms with E-state index in [0.29, 0.717) is 19.7 Å². The first-order valence-corrected chi connectivity index (χ1v) is 7.88. The largest absolute Gasteiger partial charge is 0.445 e. The number of rotatable bonds is 2. The molecule has 0 radical (unpaired) electrons. The summed E-state index contributed by atoms with van der Waals surface area (Å²) in [6.45, 7) is 1.46. The van der Waals surface area contributed by atoms with Crippen molar-refractivity contribution >= 4 is 6.09 Å². The Balaban J connectivity index is 1.51. The number of amides is 1. The van der Waals surface area contributed by atoms with Gasteiger partial charge in [-0.2, -0.15) is 0 Å². The minimum atomic E-state index is -0.283. The highest BCUT2D eigenvalue weighted by Gasteiger charge is 2.17. The van der Waals surface area contributed by atoms with Crippen molar-refractivity contribution in [3.63, 3.8) is 0 Å². The maximum absolute atomic E-state index is 12.1. The zero-order valence-corrected chi connectivity index (χ0v) is 13.3. The van der Waals surface area contributed by atoms with Crippen molar-refractivity contribution in [2.24, 2.45) is 0 Å². The van der Waals surface area contributed by atoms with Gasteiger partial charge in [-0.25, -0.2) is 4.79 Å². The van der Waals surface area contributed by atoms with Crippen molar-refractivity contribution in [3.05, 3.63) is 77.6 Å². The molecular formula is C20H18N2O2. The number of ether oxygens (including phenoxy) is 1. The molecule has 2 aromatic rings. The van der Waals surface area contributed by atoms with Gasteiger partial charge in [-0.15, -0.1) is 0 Å². The molecule has 0 unspecified atom stereocenters. The van der Waals surface area contributed by atoms with Crippen LogP contribution in [0.5, 0.6) is 0 Å². The van der Waals surface area contributed by atoms with Crippen molar-refractivity contribution in [2.45, 2.75) is 13.0 Å². The van der Waals surface area contributed by atoms with Gasteiger partial charge in [0.2, 0.25) is 0 Å². The maximum Gasteiger partial charge on any atom is 0.410 e. The molecule has 0 saturated heterocycles. The SMILES string of the molecule is O=C(OCc1ccccc1)N1CC=C(C#Cc2cccnc2)CC1. The number of hydrogen-bond donors (Lipinski definition) is 0. The van der Waals surface area contributed by atoms with Gasteiger partial charge in [0.25, 0.3) is 0 Å². The highest BCUT2D eigenvalue weighted by Crippen LogP contribution is 2.12. The molecule has 1 amide bonds. The molecule has 0 aliphatic carbocycles. The van der Waals surface area contributed by atoms with Gasteiger partial charge in [0.05, 0.1) is 0 Å². The van der Waals surface area contributed by atoms with Gasteiger partial charge in [-0.05, 0) is 24.1 Å². The second-order valence-corrected chi connectivity index (χ2v) is 5.46. The average molecular weight is 318 g/mol. The Kier molecular flexibility index (Phi) is 5.26. The fraction of sp³-hybridized carbons (Fsp3) is 0.200. The fourth-order valence-corrected chi connectivity index (χ4v) is 2.35. The highest BCUT2D eigenvalue weighted by atomic mass is 16.6. The Bertz CT molecular complexity index is 774. The van der Waals surface area contributed by atoms with Crippen LogP contribution in [0.3, 0.4) is 0 Å². The van der Waals surface area contributed by atoms with E-state index in [-0.39, 0.29) is 6.09 Å². The van der Waals surface area contributed by atoms with Gasteiger partial charge in [0.15, 0.2) is 0 Å². The molecule has 0 fully saturated rings. The fourth-order valence-electron chi connectivity index (χ4n) is 2.35. The van der Waals surface area contributed by atoms with Crippen molar-refractivity contribution in [1.82, 2.24) is 9.88 Å². The predicted octanol–water partition coefficient (Wildman–Crippen LogP) is 3.40. The van der Waals surface area contributed by atoms with Crippen LogP contribution < -0.4 is 0 Å². The highest BCUT2D eigenvalue weighted by molar-refractivity contribution is 5.68. The van der Waals surface area contributed by atoms with E-state index in [9.17, 15) is 4.79 Å². The van der Waals surface area contributed by atoms with Crippen molar-refractivity contribution in [1.29, 1.82) is 0 Å². The van der Waals surface area contributed by atoms with Gasteiger partial charge in [0, 0.05) is 36.6 Å². The quantitative estimate of drug-likeness (QED) is 0.797. The van der Waals surface area contributed by atoms with E-state index in [1.54, 1.807) is 17.3 Å². The Hall–Kier alpha value is -3.06. The van der Waals surface area contributed by atoms with E-state index in [1.165, 1.54) is 0 Å². The molecule has 4 heteroatoms. The average Bonchev–Trinajstić information content (AvgIpc) is 2.66. The first-order valence-electron chi connectivity index (χ1n) is 7.88. The lowest BCUT2D eigenvalue weighted by molar-refractivity contribution is 0.0992. The van der Waals surface area contributed by atoms with Crippen molar-refractivity contribution < 1.29 is 9.53 Å². The summed E-state index contributed by atoms with van der Waals surface area (Å²) in [6.07, 6.45) is 5.91. The molecule has 1 aromatic carbocycles. The van der Waals surface area contributed by atoms with E-state index in [0.717, 1.165) is 23.1 Å². The standard InChI is InChI=1S/C20H18N2O2/c23-20(24-16-19-5-2-1-3-6-19)22-13-10-17(11-14-22)8-9-18-7-4-12-21-15-18/h1-7,10,12,15H,11,13-14,16H2. The van der Waals surface area contributed by atoms with E-state index in [1.807, 2.05) is 48.5 Å². The lowest BCUT2D eigenvalue weighted by Gasteiger charge is -2.24. The maximum atomic E-state index is 12.1. The lowest BCUT2D eigenvalue weighted by atomic mass is 10.1. The molecule has 4 nitrogen and oxygen atoms in total. The zero-order valence-electron chi connectivity index (χ0n) is 13.3. The van der Waals surface area contributed by atoms with Crippen LogP contribution in [0.1, 0.15) is 17.5 Å². The van der Waals surface area contributed by atoms with E-state index >= 15 is 0 Å².